The Kier molecular flexibility index (Phi) is 6.72. The van der Waals surface area contributed by atoms with Crippen LogP contribution in [0, 0.1) is 18.7 Å². The first kappa shape index (κ1) is 22.2. The van der Waals surface area contributed by atoms with Crippen LogP contribution in [-0.2, 0) is 11.2 Å². The number of hydrogen-bond donors (Lipinski definition) is 3. The van der Waals surface area contributed by atoms with Gasteiger partial charge in [0.1, 0.15) is 11.4 Å². The van der Waals surface area contributed by atoms with Gasteiger partial charge in [0, 0.05) is 18.9 Å². The average Bonchev–Trinajstić information content (AvgIpc) is 3.16. The fraction of sp³-hybridized carbons (Fsp3) is 0.417. The van der Waals surface area contributed by atoms with Crippen LogP contribution in [0.15, 0.2) is 36.7 Å². The number of aromatic nitrogens is 2. The molecule has 1 aliphatic heterocycles. The number of aromatic amines is 1. The Hall–Kier alpha value is -2.97. The number of carbonyl (C=O) groups is 1. The second kappa shape index (κ2) is 9.67. The smallest absolute Gasteiger partial charge is 0.237 e. The molecule has 170 valence electrons. The molecule has 3 heterocycles. The summed E-state index contributed by atoms with van der Waals surface area (Å²) in [4.78, 5) is 22.0. The van der Waals surface area contributed by atoms with E-state index in [-0.39, 0.29) is 18.1 Å². The first-order chi connectivity index (χ1) is 15.4. The number of carbonyl (C=O) groups excluding carboxylic acids is 1. The van der Waals surface area contributed by atoms with Crippen LogP contribution in [0.1, 0.15) is 24.0 Å². The molecule has 4 rings (SSSR count). The van der Waals surface area contributed by atoms with Crippen LogP contribution in [0.3, 0.4) is 0 Å². The summed E-state index contributed by atoms with van der Waals surface area (Å²) >= 11 is 0. The van der Waals surface area contributed by atoms with Crippen LogP contribution in [-0.4, -0.2) is 53.5 Å². The highest BCUT2D eigenvalue weighted by Gasteiger charge is 2.20. The number of nitrogens with one attached hydrogen (secondary N) is 2. The van der Waals surface area contributed by atoms with Crippen molar-refractivity contribution in [2.24, 2.45) is 11.7 Å². The number of likely N-dealkylation sites (tertiary alicyclic amines) is 1. The Morgan fingerprint density at radius 1 is 1.34 bits per heavy atom. The Labute approximate surface area is 187 Å². The van der Waals surface area contributed by atoms with E-state index in [0.717, 1.165) is 36.9 Å². The molecular formula is C24H30FN5O2. The summed E-state index contributed by atoms with van der Waals surface area (Å²) in [6.07, 6.45) is 5.86. The molecule has 7 nitrogen and oxygen atoms in total. The number of ether oxygens (including phenoxy) is 1. The summed E-state index contributed by atoms with van der Waals surface area (Å²) in [5, 5.41) is 3.77. The Bertz CT molecular complexity index is 1090. The number of hydrogen-bond acceptors (Lipinski definition) is 5. The summed E-state index contributed by atoms with van der Waals surface area (Å²) in [6, 6.07) is 5.67. The van der Waals surface area contributed by atoms with Gasteiger partial charge in [0.15, 0.2) is 11.6 Å². The minimum atomic E-state index is -0.727. The predicted molar refractivity (Wildman–Crippen MR) is 122 cm³/mol. The van der Waals surface area contributed by atoms with Gasteiger partial charge in [-0.1, -0.05) is 6.07 Å². The number of amides is 1. The van der Waals surface area contributed by atoms with Gasteiger partial charge in [-0.2, -0.15) is 0 Å². The maximum absolute atomic E-state index is 14.7. The SMILES string of the molecule is Cc1c[nH]c2nccc(Oc3ccc(CC(N)C(=O)NCC4CCN(C)CC4)cc3F)c12. The molecule has 0 bridgehead atoms. The van der Waals surface area contributed by atoms with Crippen molar-refractivity contribution in [2.45, 2.75) is 32.2 Å². The zero-order valence-corrected chi connectivity index (χ0v) is 18.5. The summed E-state index contributed by atoms with van der Waals surface area (Å²) < 4.78 is 20.6. The van der Waals surface area contributed by atoms with Gasteiger partial charge in [0.25, 0.3) is 0 Å². The van der Waals surface area contributed by atoms with Gasteiger partial charge in [-0.15, -0.1) is 0 Å². The quantitative estimate of drug-likeness (QED) is 0.526. The third-order valence-electron chi connectivity index (χ3n) is 6.14. The number of benzene rings is 1. The summed E-state index contributed by atoms with van der Waals surface area (Å²) in [5.74, 6) is 0.429. The monoisotopic (exact) mass is 439 g/mol. The Morgan fingerprint density at radius 3 is 2.88 bits per heavy atom. The zero-order valence-electron chi connectivity index (χ0n) is 18.5. The van der Waals surface area contributed by atoms with Crippen molar-refractivity contribution >= 4 is 16.9 Å². The molecular weight excluding hydrogens is 409 g/mol. The van der Waals surface area contributed by atoms with Crippen LogP contribution in [0.5, 0.6) is 11.5 Å². The molecule has 0 radical (unpaired) electrons. The molecule has 4 N–H and O–H groups in total. The van der Waals surface area contributed by atoms with Gasteiger partial charge >= 0.3 is 0 Å². The van der Waals surface area contributed by atoms with E-state index in [1.165, 1.54) is 6.07 Å². The third-order valence-corrected chi connectivity index (χ3v) is 6.14. The molecule has 1 fully saturated rings. The summed E-state index contributed by atoms with van der Waals surface area (Å²) in [7, 11) is 2.11. The molecule has 1 amide bonds. The van der Waals surface area contributed by atoms with Crippen molar-refractivity contribution in [3.05, 3.63) is 53.6 Å². The van der Waals surface area contributed by atoms with Gasteiger partial charge in [-0.05, 0) is 81.6 Å². The van der Waals surface area contributed by atoms with E-state index in [4.69, 9.17) is 10.5 Å². The molecule has 32 heavy (non-hydrogen) atoms. The minimum Gasteiger partial charge on any atom is -0.453 e. The highest BCUT2D eigenvalue weighted by Crippen LogP contribution is 2.32. The fourth-order valence-electron chi connectivity index (χ4n) is 4.13. The van der Waals surface area contributed by atoms with E-state index in [1.54, 1.807) is 24.4 Å². The Morgan fingerprint density at radius 2 is 2.12 bits per heavy atom. The van der Waals surface area contributed by atoms with E-state index in [0.29, 0.717) is 29.4 Å². The molecule has 1 unspecified atom stereocenters. The summed E-state index contributed by atoms with van der Waals surface area (Å²) in [6.45, 7) is 4.68. The highest BCUT2D eigenvalue weighted by molar-refractivity contribution is 5.86. The first-order valence-corrected chi connectivity index (χ1v) is 11.0. The molecule has 1 saturated heterocycles. The highest BCUT2D eigenvalue weighted by atomic mass is 19.1. The molecule has 1 atom stereocenters. The Balaban J connectivity index is 1.35. The van der Waals surface area contributed by atoms with Gasteiger partial charge in [-0.25, -0.2) is 9.37 Å². The molecule has 0 saturated carbocycles. The number of nitrogens with zero attached hydrogens (tertiary/aromatic N) is 2. The number of halogens is 1. The lowest BCUT2D eigenvalue weighted by atomic mass is 9.97. The van der Waals surface area contributed by atoms with E-state index < -0.39 is 11.9 Å². The third kappa shape index (κ3) is 5.08. The molecule has 8 heteroatoms. The standard InChI is InChI=1S/C24H30FN5O2/c1-15-13-28-23-22(15)21(5-8-27-23)32-20-4-3-17(11-18(20)25)12-19(26)24(31)29-14-16-6-9-30(2)10-7-16/h3-5,8,11,13,16,19H,6-7,9-10,12,14,26H2,1-2H3,(H,27,28)(H,29,31). The van der Waals surface area contributed by atoms with Crippen LogP contribution in [0.25, 0.3) is 11.0 Å². The normalized spacial score (nSPS) is 16.2. The zero-order chi connectivity index (χ0) is 22.7. The number of pyridine rings is 1. The average molecular weight is 440 g/mol. The van der Waals surface area contributed by atoms with Gasteiger partial charge in [-0.3, -0.25) is 4.79 Å². The molecule has 2 aromatic heterocycles. The summed E-state index contributed by atoms with van der Waals surface area (Å²) in [5.41, 5.74) is 8.39. The largest absolute Gasteiger partial charge is 0.453 e. The first-order valence-electron chi connectivity index (χ1n) is 11.0. The number of nitrogens with two attached hydrogens (primary N) is 1. The van der Waals surface area contributed by atoms with Crippen molar-refractivity contribution in [3.63, 3.8) is 0 Å². The van der Waals surface area contributed by atoms with Crippen LogP contribution in [0.4, 0.5) is 4.39 Å². The molecule has 1 aliphatic rings. The minimum absolute atomic E-state index is 0.113. The van der Waals surface area contributed by atoms with E-state index in [1.807, 2.05) is 13.1 Å². The van der Waals surface area contributed by atoms with E-state index in [2.05, 4.69) is 27.2 Å². The second-order valence-corrected chi connectivity index (χ2v) is 8.67. The number of rotatable bonds is 7. The lowest BCUT2D eigenvalue weighted by Gasteiger charge is -2.29. The number of piperidine rings is 1. The molecule has 0 aliphatic carbocycles. The predicted octanol–water partition coefficient (Wildman–Crippen LogP) is 3.13. The van der Waals surface area contributed by atoms with Crippen molar-refractivity contribution in [3.8, 4) is 11.5 Å². The molecule has 0 spiro atoms. The number of H-pyrrole nitrogens is 1. The van der Waals surface area contributed by atoms with Gasteiger partial charge < -0.3 is 25.7 Å². The van der Waals surface area contributed by atoms with Gasteiger partial charge in [0.05, 0.1) is 11.4 Å². The van der Waals surface area contributed by atoms with Crippen molar-refractivity contribution < 1.29 is 13.9 Å². The molecule has 3 aromatic rings. The number of fused-ring (bicyclic) bond motifs is 1. The fourth-order valence-corrected chi connectivity index (χ4v) is 4.13. The van der Waals surface area contributed by atoms with Crippen molar-refractivity contribution in [1.29, 1.82) is 0 Å². The van der Waals surface area contributed by atoms with Crippen LogP contribution in [0.2, 0.25) is 0 Å². The number of aryl methyl sites for hydroxylation is 1. The lowest BCUT2D eigenvalue weighted by molar-refractivity contribution is -0.122. The van der Waals surface area contributed by atoms with Gasteiger partial charge in [0.2, 0.25) is 5.91 Å². The van der Waals surface area contributed by atoms with Crippen LogP contribution >= 0.6 is 0 Å². The maximum Gasteiger partial charge on any atom is 0.237 e. The maximum atomic E-state index is 14.7. The molecule has 1 aromatic carbocycles. The van der Waals surface area contributed by atoms with E-state index in [9.17, 15) is 9.18 Å². The lowest BCUT2D eigenvalue weighted by Crippen LogP contribution is -2.45. The van der Waals surface area contributed by atoms with E-state index >= 15 is 0 Å². The van der Waals surface area contributed by atoms with Crippen molar-refractivity contribution in [2.75, 3.05) is 26.7 Å². The van der Waals surface area contributed by atoms with Crippen molar-refractivity contribution in [1.82, 2.24) is 20.2 Å². The van der Waals surface area contributed by atoms with Crippen LogP contribution < -0.4 is 15.8 Å². The topological polar surface area (TPSA) is 96.3 Å². The second-order valence-electron chi connectivity index (χ2n) is 8.67.